The molecule has 1 aliphatic rings. The van der Waals surface area contributed by atoms with E-state index in [1.807, 2.05) is 4.90 Å². The standard InChI is InChI=1S/C23H24ClN3O5/c24-17-2-4-18(5-3-17)31-14-8-22(29)27-12-10-26(11-13-27)9-7-20(28)16-1-6-19-21(15-16)32-23(30)25-19/h1-6,15H,7-14H2,(H,25,30). The number of carbonyl (C=O) groups excluding carboxylic acids is 2. The summed E-state index contributed by atoms with van der Waals surface area (Å²) in [6.07, 6.45) is 0.682. The maximum atomic E-state index is 12.5. The molecular weight excluding hydrogens is 434 g/mol. The Morgan fingerprint density at radius 3 is 2.53 bits per heavy atom. The van der Waals surface area contributed by atoms with E-state index in [0.717, 1.165) is 13.1 Å². The Morgan fingerprint density at radius 1 is 1.03 bits per heavy atom. The molecule has 0 aliphatic carbocycles. The van der Waals surface area contributed by atoms with Crippen molar-refractivity contribution in [1.29, 1.82) is 0 Å². The number of nitrogens with one attached hydrogen (secondary N) is 1. The number of hydrogen-bond donors (Lipinski definition) is 1. The molecule has 2 aromatic carbocycles. The number of halogens is 1. The number of rotatable bonds is 8. The van der Waals surface area contributed by atoms with Gasteiger partial charge in [-0.25, -0.2) is 4.79 Å². The average molecular weight is 458 g/mol. The van der Waals surface area contributed by atoms with Crippen molar-refractivity contribution in [1.82, 2.24) is 14.8 Å². The Balaban J connectivity index is 1.17. The van der Waals surface area contributed by atoms with Gasteiger partial charge in [0.1, 0.15) is 5.75 Å². The minimum absolute atomic E-state index is 0.00592. The molecule has 9 heteroatoms. The van der Waals surface area contributed by atoms with Crippen LogP contribution in [0, 0.1) is 0 Å². The fourth-order valence-electron chi connectivity index (χ4n) is 3.69. The average Bonchev–Trinajstić information content (AvgIpc) is 3.18. The van der Waals surface area contributed by atoms with Crippen molar-refractivity contribution < 1.29 is 18.7 Å². The van der Waals surface area contributed by atoms with Crippen LogP contribution in [0.1, 0.15) is 23.2 Å². The molecule has 168 valence electrons. The largest absolute Gasteiger partial charge is 0.493 e. The van der Waals surface area contributed by atoms with E-state index < -0.39 is 5.76 Å². The number of aromatic nitrogens is 1. The number of H-pyrrole nitrogens is 1. The molecule has 0 saturated carbocycles. The molecule has 1 N–H and O–H groups in total. The van der Waals surface area contributed by atoms with Crippen LogP contribution < -0.4 is 10.5 Å². The Kier molecular flexibility index (Phi) is 6.92. The van der Waals surface area contributed by atoms with Gasteiger partial charge in [-0.15, -0.1) is 0 Å². The first-order chi connectivity index (χ1) is 15.5. The second kappa shape index (κ2) is 10.0. The quantitative estimate of drug-likeness (QED) is 0.522. The van der Waals surface area contributed by atoms with Crippen LogP contribution in [0.4, 0.5) is 0 Å². The predicted octanol–water partition coefficient (Wildman–Crippen LogP) is 2.96. The van der Waals surface area contributed by atoms with Gasteiger partial charge < -0.3 is 14.1 Å². The zero-order valence-corrected chi connectivity index (χ0v) is 18.3. The Labute approximate surface area is 189 Å². The number of benzene rings is 2. The molecule has 1 aromatic heterocycles. The molecule has 1 aliphatic heterocycles. The molecule has 0 atom stereocenters. The summed E-state index contributed by atoms with van der Waals surface area (Å²) >= 11 is 5.85. The number of amides is 1. The summed E-state index contributed by atoms with van der Waals surface area (Å²) in [6, 6.07) is 12.0. The van der Waals surface area contributed by atoms with Gasteiger partial charge >= 0.3 is 5.76 Å². The summed E-state index contributed by atoms with van der Waals surface area (Å²) in [4.78, 5) is 42.8. The van der Waals surface area contributed by atoms with Crippen molar-refractivity contribution in [2.45, 2.75) is 12.8 Å². The van der Waals surface area contributed by atoms with Crippen molar-refractivity contribution in [3.63, 3.8) is 0 Å². The van der Waals surface area contributed by atoms with Crippen LogP contribution in [0.25, 0.3) is 11.1 Å². The van der Waals surface area contributed by atoms with Gasteiger partial charge in [0.25, 0.3) is 0 Å². The normalized spacial score (nSPS) is 14.6. The highest BCUT2D eigenvalue weighted by Crippen LogP contribution is 2.16. The van der Waals surface area contributed by atoms with E-state index >= 15 is 0 Å². The van der Waals surface area contributed by atoms with Crippen LogP contribution in [0.15, 0.2) is 51.7 Å². The minimum Gasteiger partial charge on any atom is -0.493 e. The lowest BCUT2D eigenvalue weighted by molar-refractivity contribution is -0.133. The third-order valence-corrected chi connectivity index (χ3v) is 5.77. The number of ketones is 1. The minimum atomic E-state index is -0.534. The highest BCUT2D eigenvalue weighted by molar-refractivity contribution is 6.30. The highest BCUT2D eigenvalue weighted by atomic mass is 35.5. The third kappa shape index (κ3) is 5.57. The summed E-state index contributed by atoms with van der Waals surface area (Å²) < 4.78 is 10.6. The van der Waals surface area contributed by atoms with E-state index in [1.165, 1.54) is 0 Å². The number of fused-ring (bicyclic) bond motifs is 1. The summed E-state index contributed by atoms with van der Waals surface area (Å²) in [5.41, 5.74) is 1.48. The van der Waals surface area contributed by atoms with Crippen LogP contribution in [-0.4, -0.2) is 65.8 Å². The molecule has 8 nitrogen and oxygen atoms in total. The molecule has 0 spiro atoms. The van der Waals surface area contributed by atoms with Crippen molar-refractivity contribution in [3.8, 4) is 5.75 Å². The van der Waals surface area contributed by atoms with Gasteiger partial charge in [-0.3, -0.25) is 19.5 Å². The lowest BCUT2D eigenvalue weighted by Crippen LogP contribution is -2.49. The van der Waals surface area contributed by atoms with E-state index in [-0.39, 0.29) is 11.7 Å². The molecular formula is C23H24ClN3O5. The van der Waals surface area contributed by atoms with Gasteiger partial charge in [0.2, 0.25) is 5.91 Å². The zero-order chi connectivity index (χ0) is 22.5. The number of hydrogen-bond acceptors (Lipinski definition) is 6. The van der Waals surface area contributed by atoms with Gasteiger partial charge in [0.05, 0.1) is 18.5 Å². The van der Waals surface area contributed by atoms with E-state index in [9.17, 15) is 14.4 Å². The SMILES string of the molecule is O=C(CCN1CCN(C(=O)CCOc2ccc(Cl)cc2)CC1)c1ccc2[nH]c(=O)oc2c1. The van der Waals surface area contributed by atoms with E-state index in [2.05, 4.69) is 9.88 Å². The third-order valence-electron chi connectivity index (χ3n) is 5.52. The monoisotopic (exact) mass is 457 g/mol. The molecule has 0 unspecified atom stereocenters. The molecule has 32 heavy (non-hydrogen) atoms. The molecule has 1 amide bonds. The van der Waals surface area contributed by atoms with Crippen molar-refractivity contribution in [3.05, 3.63) is 63.6 Å². The topological polar surface area (TPSA) is 95.9 Å². The Morgan fingerprint density at radius 2 is 1.78 bits per heavy atom. The number of Topliss-reactive ketones (excluding diaryl/α,β-unsaturated/α-hetero) is 1. The first kappa shape index (κ1) is 22.1. The number of piperazine rings is 1. The Bertz CT molecular complexity index is 1150. The van der Waals surface area contributed by atoms with Gasteiger partial charge in [-0.2, -0.15) is 0 Å². The maximum absolute atomic E-state index is 12.5. The first-order valence-electron chi connectivity index (χ1n) is 10.5. The van der Waals surface area contributed by atoms with Crippen LogP contribution in [-0.2, 0) is 4.79 Å². The predicted molar refractivity (Wildman–Crippen MR) is 120 cm³/mol. The maximum Gasteiger partial charge on any atom is 0.417 e. The Hall–Kier alpha value is -3.10. The van der Waals surface area contributed by atoms with Gasteiger partial charge in [-0.05, 0) is 42.5 Å². The van der Waals surface area contributed by atoms with Crippen molar-refractivity contribution in [2.75, 3.05) is 39.3 Å². The van der Waals surface area contributed by atoms with Gasteiger partial charge in [0, 0.05) is 49.7 Å². The second-order valence-corrected chi connectivity index (χ2v) is 8.11. The lowest BCUT2D eigenvalue weighted by atomic mass is 10.1. The van der Waals surface area contributed by atoms with E-state index in [0.29, 0.717) is 66.5 Å². The smallest absolute Gasteiger partial charge is 0.417 e. The molecule has 1 saturated heterocycles. The number of ether oxygens (including phenoxy) is 1. The molecule has 1 fully saturated rings. The first-order valence-corrected chi connectivity index (χ1v) is 10.9. The summed E-state index contributed by atoms with van der Waals surface area (Å²) in [7, 11) is 0. The van der Waals surface area contributed by atoms with Crippen LogP contribution >= 0.6 is 11.6 Å². The summed E-state index contributed by atoms with van der Waals surface area (Å²) in [5, 5.41) is 0.642. The fourth-order valence-corrected chi connectivity index (χ4v) is 3.81. The number of aromatic amines is 1. The fraction of sp³-hybridized carbons (Fsp3) is 0.348. The van der Waals surface area contributed by atoms with Gasteiger partial charge in [0.15, 0.2) is 11.4 Å². The number of oxazole rings is 1. The molecule has 0 radical (unpaired) electrons. The second-order valence-electron chi connectivity index (χ2n) is 7.67. The molecule has 2 heterocycles. The molecule has 3 aromatic rings. The van der Waals surface area contributed by atoms with Crippen molar-refractivity contribution in [2.24, 2.45) is 0 Å². The highest BCUT2D eigenvalue weighted by Gasteiger charge is 2.21. The van der Waals surface area contributed by atoms with Crippen LogP contribution in [0.2, 0.25) is 5.02 Å². The van der Waals surface area contributed by atoms with E-state index in [4.69, 9.17) is 20.8 Å². The van der Waals surface area contributed by atoms with Gasteiger partial charge in [-0.1, -0.05) is 11.6 Å². The summed E-state index contributed by atoms with van der Waals surface area (Å²) in [6.45, 7) is 3.66. The number of carbonyl (C=O) groups is 2. The van der Waals surface area contributed by atoms with Crippen molar-refractivity contribution >= 4 is 34.4 Å². The lowest BCUT2D eigenvalue weighted by Gasteiger charge is -2.34. The van der Waals surface area contributed by atoms with Crippen LogP contribution in [0.3, 0.4) is 0 Å². The molecule has 0 bridgehead atoms. The van der Waals surface area contributed by atoms with E-state index in [1.54, 1.807) is 42.5 Å². The summed E-state index contributed by atoms with van der Waals surface area (Å²) in [5.74, 6) is 0.215. The molecule has 4 rings (SSSR count). The zero-order valence-electron chi connectivity index (χ0n) is 17.5. The van der Waals surface area contributed by atoms with Crippen LogP contribution in [0.5, 0.6) is 5.75 Å². The number of nitrogens with zero attached hydrogens (tertiary/aromatic N) is 2.